The Morgan fingerprint density at radius 1 is 1.48 bits per heavy atom. The van der Waals surface area contributed by atoms with Crippen LogP contribution in [0.25, 0.3) is 0 Å². The molecule has 21 heavy (non-hydrogen) atoms. The molecule has 1 aromatic carbocycles. The van der Waals surface area contributed by atoms with Crippen LogP contribution in [0.4, 0.5) is 5.69 Å². The van der Waals surface area contributed by atoms with E-state index >= 15 is 0 Å². The average Bonchev–Trinajstić information content (AvgIpc) is 2.42. The summed E-state index contributed by atoms with van der Waals surface area (Å²) in [5.74, 6) is -1.62. The lowest BCUT2D eigenvalue weighted by molar-refractivity contribution is -0.384. The van der Waals surface area contributed by atoms with E-state index in [1.807, 2.05) is 6.92 Å². The van der Waals surface area contributed by atoms with Crippen LogP contribution in [-0.2, 0) is 4.79 Å². The van der Waals surface area contributed by atoms with Gasteiger partial charge in [0.05, 0.1) is 4.92 Å². The lowest BCUT2D eigenvalue weighted by Crippen LogP contribution is -2.30. The third-order valence-electron chi connectivity index (χ3n) is 3.00. The quantitative estimate of drug-likeness (QED) is 0.593. The zero-order chi connectivity index (χ0) is 16.0. The maximum absolute atomic E-state index is 11.9. The van der Waals surface area contributed by atoms with Gasteiger partial charge in [-0.25, -0.2) is 0 Å². The maximum Gasteiger partial charge on any atom is 0.303 e. The Morgan fingerprint density at radius 2 is 2.14 bits per heavy atom. The summed E-state index contributed by atoms with van der Waals surface area (Å²) in [5, 5.41) is 22.0. The number of aliphatic carboxylic acids is 1. The molecule has 1 rings (SSSR count). The van der Waals surface area contributed by atoms with E-state index in [1.54, 1.807) is 0 Å². The number of nitro groups is 1. The van der Waals surface area contributed by atoms with E-state index in [1.165, 1.54) is 12.1 Å². The topological polar surface area (TPSA) is 110 Å². The third kappa shape index (κ3) is 5.03. The second kappa shape index (κ2) is 7.58. The summed E-state index contributed by atoms with van der Waals surface area (Å²) in [5.41, 5.74) is -0.238. The van der Waals surface area contributed by atoms with Gasteiger partial charge in [0.25, 0.3) is 11.6 Å². The predicted molar refractivity (Wildman–Crippen MR) is 76.5 cm³/mol. The standard InChI is InChI=1S/C13H15ClN2O5/c1-2-8(5-12(17)18)7-15-13(19)9-3-4-10(14)11(6-9)16(20)21/h3-4,6,8H,2,5,7H2,1H3,(H,15,19)(H,17,18). The number of carbonyl (C=O) groups is 2. The van der Waals surface area contributed by atoms with Crippen molar-refractivity contribution in [2.45, 2.75) is 19.8 Å². The summed E-state index contributed by atoms with van der Waals surface area (Å²) in [7, 11) is 0. The molecule has 1 aromatic rings. The molecule has 7 nitrogen and oxygen atoms in total. The first-order valence-corrected chi connectivity index (χ1v) is 6.66. The molecule has 0 aromatic heterocycles. The summed E-state index contributed by atoms with van der Waals surface area (Å²) >= 11 is 5.66. The molecule has 0 bridgehead atoms. The van der Waals surface area contributed by atoms with Crippen LogP contribution in [0.2, 0.25) is 5.02 Å². The van der Waals surface area contributed by atoms with Crippen LogP contribution in [0.15, 0.2) is 18.2 Å². The van der Waals surface area contributed by atoms with Gasteiger partial charge in [0, 0.05) is 24.6 Å². The van der Waals surface area contributed by atoms with Crippen molar-refractivity contribution in [1.82, 2.24) is 5.32 Å². The zero-order valence-corrected chi connectivity index (χ0v) is 12.1. The van der Waals surface area contributed by atoms with Gasteiger partial charge in [-0.3, -0.25) is 19.7 Å². The van der Waals surface area contributed by atoms with Crippen LogP contribution in [0.5, 0.6) is 0 Å². The number of rotatable bonds is 7. The van der Waals surface area contributed by atoms with Gasteiger partial charge in [-0.15, -0.1) is 0 Å². The highest BCUT2D eigenvalue weighted by atomic mass is 35.5. The lowest BCUT2D eigenvalue weighted by atomic mass is 10.0. The number of amides is 1. The molecule has 1 atom stereocenters. The van der Waals surface area contributed by atoms with Crippen LogP contribution in [0.1, 0.15) is 30.1 Å². The molecule has 114 valence electrons. The Hall–Kier alpha value is -2.15. The van der Waals surface area contributed by atoms with E-state index in [0.717, 1.165) is 6.07 Å². The molecule has 0 spiro atoms. The third-order valence-corrected chi connectivity index (χ3v) is 3.32. The zero-order valence-electron chi connectivity index (χ0n) is 11.3. The Bertz CT molecular complexity index is 561. The number of carbonyl (C=O) groups excluding carboxylic acids is 1. The van der Waals surface area contributed by atoms with Gasteiger partial charge in [-0.05, 0) is 18.1 Å². The number of hydrogen-bond donors (Lipinski definition) is 2. The van der Waals surface area contributed by atoms with Crippen molar-refractivity contribution in [2.75, 3.05) is 6.54 Å². The van der Waals surface area contributed by atoms with Gasteiger partial charge in [0.2, 0.25) is 0 Å². The molecule has 0 fully saturated rings. The Kier molecular flexibility index (Phi) is 6.10. The largest absolute Gasteiger partial charge is 0.481 e. The first-order chi connectivity index (χ1) is 9.85. The highest BCUT2D eigenvalue weighted by Crippen LogP contribution is 2.25. The number of benzene rings is 1. The second-order valence-electron chi connectivity index (χ2n) is 4.51. The summed E-state index contributed by atoms with van der Waals surface area (Å²) in [4.78, 5) is 32.6. The number of nitrogens with zero attached hydrogens (tertiary/aromatic N) is 1. The van der Waals surface area contributed by atoms with Crippen molar-refractivity contribution in [3.63, 3.8) is 0 Å². The highest BCUT2D eigenvalue weighted by molar-refractivity contribution is 6.32. The Labute approximate surface area is 126 Å². The molecule has 0 radical (unpaired) electrons. The maximum atomic E-state index is 11.9. The Morgan fingerprint density at radius 3 is 2.67 bits per heavy atom. The monoisotopic (exact) mass is 314 g/mol. The van der Waals surface area contributed by atoms with Gasteiger partial charge >= 0.3 is 5.97 Å². The molecule has 2 N–H and O–H groups in total. The SMILES string of the molecule is CCC(CNC(=O)c1ccc(Cl)c([N+](=O)[O-])c1)CC(=O)O. The highest BCUT2D eigenvalue weighted by Gasteiger charge is 2.17. The van der Waals surface area contributed by atoms with Crippen molar-refractivity contribution in [2.24, 2.45) is 5.92 Å². The van der Waals surface area contributed by atoms with Gasteiger partial charge in [-0.1, -0.05) is 24.9 Å². The summed E-state index contributed by atoms with van der Waals surface area (Å²) < 4.78 is 0. The number of carboxylic acid groups (broad SMARTS) is 1. The number of carboxylic acids is 1. The molecule has 8 heteroatoms. The van der Waals surface area contributed by atoms with E-state index in [4.69, 9.17) is 16.7 Å². The van der Waals surface area contributed by atoms with Gasteiger partial charge in [-0.2, -0.15) is 0 Å². The van der Waals surface area contributed by atoms with E-state index in [2.05, 4.69) is 5.32 Å². The van der Waals surface area contributed by atoms with E-state index in [9.17, 15) is 19.7 Å². The fraction of sp³-hybridized carbons (Fsp3) is 0.385. The minimum atomic E-state index is -0.932. The van der Waals surface area contributed by atoms with Crippen molar-refractivity contribution in [3.05, 3.63) is 38.9 Å². The average molecular weight is 315 g/mol. The molecule has 0 saturated carbocycles. The van der Waals surface area contributed by atoms with Crippen LogP contribution in [-0.4, -0.2) is 28.5 Å². The minimum Gasteiger partial charge on any atom is -0.481 e. The smallest absolute Gasteiger partial charge is 0.303 e. The number of halogens is 1. The fourth-order valence-electron chi connectivity index (χ4n) is 1.74. The molecule has 0 heterocycles. The first kappa shape index (κ1) is 16.9. The van der Waals surface area contributed by atoms with Gasteiger partial charge in [0.1, 0.15) is 5.02 Å². The molecule has 0 saturated heterocycles. The molecule has 1 unspecified atom stereocenters. The normalized spacial score (nSPS) is 11.7. The second-order valence-corrected chi connectivity index (χ2v) is 4.91. The van der Waals surface area contributed by atoms with E-state index in [-0.39, 0.29) is 35.2 Å². The first-order valence-electron chi connectivity index (χ1n) is 6.29. The Balaban J connectivity index is 2.74. The van der Waals surface area contributed by atoms with Crippen LogP contribution < -0.4 is 5.32 Å². The minimum absolute atomic E-state index is 0.0441. The summed E-state index contributed by atoms with van der Waals surface area (Å²) in [6.07, 6.45) is 0.560. The summed E-state index contributed by atoms with van der Waals surface area (Å²) in [6.45, 7) is 2.02. The molecule has 0 aliphatic heterocycles. The predicted octanol–water partition coefficient (Wildman–Crippen LogP) is 2.48. The molecular weight excluding hydrogens is 300 g/mol. The fourth-order valence-corrected chi connectivity index (χ4v) is 1.93. The molecule has 0 aliphatic carbocycles. The number of hydrogen-bond acceptors (Lipinski definition) is 4. The van der Waals surface area contributed by atoms with Crippen molar-refractivity contribution >= 4 is 29.2 Å². The van der Waals surface area contributed by atoms with Gasteiger partial charge < -0.3 is 10.4 Å². The molecular formula is C13H15ClN2O5. The number of nitro benzene ring substituents is 1. The van der Waals surface area contributed by atoms with E-state index < -0.39 is 16.8 Å². The van der Waals surface area contributed by atoms with Crippen LogP contribution >= 0.6 is 11.6 Å². The van der Waals surface area contributed by atoms with Crippen LogP contribution in [0, 0.1) is 16.0 Å². The lowest BCUT2D eigenvalue weighted by Gasteiger charge is -2.13. The van der Waals surface area contributed by atoms with Crippen LogP contribution in [0.3, 0.4) is 0 Å². The molecule has 0 aliphatic rings. The number of nitrogens with one attached hydrogen (secondary N) is 1. The van der Waals surface area contributed by atoms with Crippen molar-refractivity contribution in [1.29, 1.82) is 0 Å². The van der Waals surface area contributed by atoms with Gasteiger partial charge in [0.15, 0.2) is 0 Å². The molecule has 1 amide bonds. The summed E-state index contributed by atoms with van der Waals surface area (Å²) in [6, 6.07) is 3.75. The van der Waals surface area contributed by atoms with Crippen molar-refractivity contribution in [3.8, 4) is 0 Å². The van der Waals surface area contributed by atoms with Crippen molar-refractivity contribution < 1.29 is 19.6 Å². The van der Waals surface area contributed by atoms with E-state index in [0.29, 0.717) is 6.42 Å².